The van der Waals surface area contributed by atoms with Crippen molar-refractivity contribution in [3.63, 3.8) is 0 Å². The summed E-state index contributed by atoms with van der Waals surface area (Å²) in [6.45, 7) is 1.81. The molecule has 3 rings (SSSR count). The Kier molecular flexibility index (Phi) is 5.68. The fourth-order valence-electron chi connectivity index (χ4n) is 2.80. The Bertz CT molecular complexity index is 695. The minimum atomic E-state index is -4.37. The van der Waals surface area contributed by atoms with Gasteiger partial charge in [-0.05, 0) is 42.0 Å². The third kappa shape index (κ3) is 4.47. The van der Waals surface area contributed by atoms with Crippen LogP contribution in [0.5, 0.6) is 11.5 Å². The summed E-state index contributed by atoms with van der Waals surface area (Å²) in [4.78, 5) is 0. The molecule has 1 saturated heterocycles. The van der Waals surface area contributed by atoms with Crippen LogP contribution in [0.1, 0.15) is 17.2 Å². The fourth-order valence-corrected chi connectivity index (χ4v) is 2.80. The molecule has 26 heavy (non-hydrogen) atoms. The number of nitrogens with one attached hydrogen (secondary N) is 1. The fraction of sp³-hybridized carbons (Fsp3) is 0.368. The summed E-state index contributed by atoms with van der Waals surface area (Å²) in [5.41, 5.74) is -0.0605. The second kappa shape index (κ2) is 7.97. The zero-order valence-electron chi connectivity index (χ0n) is 14.3. The lowest BCUT2D eigenvalue weighted by Crippen LogP contribution is -2.43. The number of halogens is 3. The number of rotatable bonds is 5. The van der Waals surface area contributed by atoms with Gasteiger partial charge in [-0.25, -0.2) is 0 Å². The molecule has 2 unspecified atom stereocenters. The molecular weight excluding hydrogens is 347 g/mol. The quantitative estimate of drug-likeness (QED) is 0.872. The van der Waals surface area contributed by atoms with Gasteiger partial charge >= 0.3 is 6.18 Å². The van der Waals surface area contributed by atoms with Crippen molar-refractivity contribution >= 4 is 0 Å². The highest BCUT2D eigenvalue weighted by molar-refractivity contribution is 5.33. The van der Waals surface area contributed by atoms with Crippen LogP contribution in [0, 0.1) is 0 Å². The first-order chi connectivity index (χ1) is 12.5. The van der Waals surface area contributed by atoms with Gasteiger partial charge in [0.25, 0.3) is 0 Å². The Morgan fingerprint density at radius 1 is 1.04 bits per heavy atom. The van der Waals surface area contributed by atoms with Crippen molar-refractivity contribution in [3.8, 4) is 11.5 Å². The Morgan fingerprint density at radius 2 is 1.69 bits per heavy atom. The van der Waals surface area contributed by atoms with Crippen LogP contribution < -0.4 is 14.8 Å². The summed E-state index contributed by atoms with van der Waals surface area (Å²) in [5.74, 6) is 1.28. The van der Waals surface area contributed by atoms with Gasteiger partial charge in [0.2, 0.25) is 0 Å². The third-order valence-corrected chi connectivity index (χ3v) is 4.18. The number of methoxy groups -OCH3 is 1. The maximum absolute atomic E-state index is 12.8. The van der Waals surface area contributed by atoms with E-state index in [9.17, 15) is 13.2 Å². The molecule has 0 spiro atoms. The molecular formula is C19H20F3NO3. The molecule has 0 radical (unpaired) electrons. The third-order valence-electron chi connectivity index (χ3n) is 4.18. The summed E-state index contributed by atoms with van der Waals surface area (Å²) in [7, 11) is 1.57. The van der Waals surface area contributed by atoms with Crippen molar-refractivity contribution < 1.29 is 27.4 Å². The van der Waals surface area contributed by atoms with Crippen LogP contribution in [0.2, 0.25) is 0 Å². The summed E-state index contributed by atoms with van der Waals surface area (Å²) >= 11 is 0. The molecule has 1 aliphatic heterocycles. The van der Waals surface area contributed by atoms with Gasteiger partial charge in [-0.1, -0.05) is 12.1 Å². The summed E-state index contributed by atoms with van der Waals surface area (Å²) in [6, 6.07) is 12.0. The van der Waals surface area contributed by atoms with Crippen LogP contribution in [0.25, 0.3) is 0 Å². The Labute approximate surface area is 149 Å². The van der Waals surface area contributed by atoms with Gasteiger partial charge in [0.15, 0.2) is 6.10 Å². The molecule has 140 valence electrons. The topological polar surface area (TPSA) is 39.7 Å². The molecule has 4 nitrogen and oxygen atoms in total. The second-order valence-corrected chi connectivity index (χ2v) is 5.95. The van der Waals surface area contributed by atoms with Crippen molar-refractivity contribution in [3.05, 3.63) is 59.7 Å². The molecule has 0 amide bonds. The van der Waals surface area contributed by atoms with Gasteiger partial charge in [0.1, 0.15) is 17.6 Å². The highest BCUT2D eigenvalue weighted by Crippen LogP contribution is 2.32. The van der Waals surface area contributed by atoms with Crippen LogP contribution in [0.4, 0.5) is 13.2 Å². The van der Waals surface area contributed by atoms with Crippen LogP contribution in [0.15, 0.2) is 48.5 Å². The predicted molar refractivity (Wildman–Crippen MR) is 90.4 cm³/mol. The first kappa shape index (κ1) is 18.5. The van der Waals surface area contributed by atoms with Crippen molar-refractivity contribution in [2.24, 2.45) is 0 Å². The zero-order chi connectivity index (χ0) is 18.6. The lowest BCUT2D eigenvalue weighted by atomic mass is 10.0. The molecule has 1 N–H and O–H groups in total. The molecule has 2 atom stereocenters. The maximum Gasteiger partial charge on any atom is 0.416 e. The summed E-state index contributed by atoms with van der Waals surface area (Å²) < 4.78 is 55.4. The van der Waals surface area contributed by atoms with Gasteiger partial charge < -0.3 is 19.5 Å². The van der Waals surface area contributed by atoms with Gasteiger partial charge in [0, 0.05) is 13.1 Å². The first-order valence-electron chi connectivity index (χ1n) is 8.27. The minimum absolute atomic E-state index is 0.303. The van der Waals surface area contributed by atoms with Crippen molar-refractivity contribution in [1.82, 2.24) is 5.32 Å². The van der Waals surface area contributed by atoms with E-state index < -0.39 is 17.8 Å². The molecule has 1 heterocycles. The second-order valence-electron chi connectivity index (χ2n) is 5.95. The molecule has 2 aromatic carbocycles. The number of ether oxygens (including phenoxy) is 3. The van der Waals surface area contributed by atoms with Crippen LogP contribution in [-0.2, 0) is 10.9 Å². The average Bonchev–Trinajstić information content (AvgIpc) is 2.67. The normalized spacial score (nSPS) is 19.0. The van der Waals surface area contributed by atoms with E-state index in [1.165, 1.54) is 12.1 Å². The first-order valence-corrected chi connectivity index (χ1v) is 8.27. The summed E-state index contributed by atoms with van der Waals surface area (Å²) in [6.07, 6.45) is -5.20. The number of benzene rings is 2. The van der Waals surface area contributed by atoms with Crippen molar-refractivity contribution in [2.75, 3.05) is 26.8 Å². The van der Waals surface area contributed by atoms with E-state index in [1.807, 2.05) is 0 Å². The zero-order valence-corrected chi connectivity index (χ0v) is 14.3. The SMILES string of the molecule is COc1ccc(OC(c2ccc(C(F)(F)F)cc2)C2CNCCO2)cc1. The standard InChI is InChI=1S/C19H20F3NO3/c1-24-15-6-8-16(9-7-15)26-18(17-12-23-10-11-25-17)13-2-4-14(5-3-13)19(20,21)22/h2-9,17-18,23H,10-12H2,1H3. The van der Waals surface area contributed by atoms with Crippen molar-refractivity contribution in [2.45, 2.75) is 18.4 Å². The van der Waals surface area contributed by atoms with Gasteiger partial charge in [-0.2, -0.15) is 13.2 Å². The van der Waals surface area contributed by atoms with Gasteiger partial charge in [-0.3, -0.25) is 0 Å². The Morgan fingerprint density at radius 3 is 2.23 bits per heavy atom. The average molecular weight is 367 g/mol. The predicted octanol–water partition coefficient (Wildman–Crippen LogP) is 3.82. The monoisotopic (exact) mass is 367 g/mol. The Hall–Kier alpha value is -2.25. The largest absolute Gasteiger partial charge is 0.497 e. The highest BCUT2D eigenvalue weighted by atomic mass is 19.4. The smallest absolute Gasteiger partial charge is 0.416 e. The van der Waals surface area contributed by atoms with E-state index in [0.717, 1.165) is 18.7 Å². The number of hydrogen-bond donors (Lipinski definition) is 1. The lowest BCUT2D eigenvalue weighted by molar-refractivity contribution is -0.137. The van der Waals surface area contributed by atoms with Crippen molar-refractivity contribution in [1.29, 1.82) is 0 Å². The highest BCUT2D eigenvalue weighted by Gasteiger charge is 2.32. The molecule has 2 aromatic rings. The molecule has 0 saturated carbocycles. The molecule has 1 aliphatic rings. The van der Waals surface area contributed by atoms with E-state index in [-0.39, 0.29) is 6.10 Å². The number of hydrogen-bond acceptors (Lipinski definition) is 4. The van der Waals surface area contributed by atoms with Gasteiger partial charge in [-0.15, -0.1) is 0 Å². The van der Waals surface area contributed by atoms with E-state index in [2.05, 4.69) is 5.32 Å². The summed E-state index contributed by atoms with van der Waals surface area (Å²) in [5, 5.41) is 3.22. The van der Waals surface area contributed by atoms with E-state index in [1.54, 1.807) is 31.4 Å². The number of alkyl halides is 3. The van der Waals surface area contributed by atoms with Gasteiger partial charge in [0.05, 0.1) is 19.3 Å². The van der Waals surface area contributed by atoms with Crippen LogP contribution in [-0.4, -0.2) is 32.9 Å². The molecule has 0 aromatic heterocycles. The van der Waals surface area contributed by atoms with E-state index in [4.69, 9.17) is 14.2 Å². The Balaban J connectivity index is 1.84. The number of morpholine rings is 1. The molecule has 1 fully saturated rings. The molecule has 0 bridgehead atoms. The molecule has 7 heteroatoms. The molecule has 0 aliphatic carbocycles. The van der Waals surface area contributed by atoms with E-state index in [0.29, 0.717) is 30.2 Å². The van der Waals surface area contributed by atoms with Crippen LogP contribution in [0.3, 0.4) is 0 Å². The van der Waals surface area contributed by atoms with Crippen LogP contribution >= 0.6 is 0 Å². The van der Waals surface area contributed by atoms with E-state index >= 15 is 0 Å². The maximum atomic E-state index is 12.8. The minimum Gasteiger partial charge on any atom is -0.497 e. The lowest BCUT2D eigenvalue weighted by Gasteiger charge is -2.31.